The number of halogens is 1. The lowest BCUT2D eigenvalue weighted by Crippen LogP contribution is -2.10. The van der Waals surface area contributed by atoms with Crippen LogP contribution in [0.2, 0.25) is 0 Å². The highest BCUT2D eigenvalue weighted by Gasteiger charge is 2.12. The summed E-state index contributed by atoms with van der Waals surface area (Å²) in [6.45, 7) is 10.6. The van der Waals surface area contributed by atoms with Crippen LogP contribution in [0.1, 0.15) is 35.4 Å². The van der Waals surface area contributed by atoms with Crippen LogP contribution in [0.5, 0.6) is 0 Å². The second kappa shape index (κ2) is 5.92. The fourth-order valence-corrected chi connectivity index (χ4v) is 2.35. The molecule has 0 spiro atoms. The molecule has 0 aliphatic carbocycles. The Morgan fingerprint density at radius 3 is 2.68 bits per heavy atom. The van der Waals surface area contributed by atoms with E-state index in [0.29, 0.717) is 0 Å². The topological polar surface area (TPSA) is 43.0 Å². The summed E-state index contributed by atoms with van der Waals surface area (Å²) in [6.07, 6.45) is 0. The van der Waals surface area contributed by atoms with Gasteiger partial charge < -0.3 is 9.73 Å². The van der Waals surface area contributed by atoms with E-state index in [1.54, 1.807) is 0 Å². The maximum absolute atomic E-state index is 5.75. The summed E-state index contributed by atoms with van der Waals surface area (Å²) in [5.41, 5.74) is 3.35. The smallest absolute Gasteiger partial charge is 0.118 e. The fourth-order valence-electron chi connectivity index (χ4n) is 2.07. The zero-order chi connectivity index (χ0) is 14.0. The fraction of sp³-hybridized carbons (Fsp3) is 0.500. The Morgan fingerprint density at radius 1 is 1.37 bits per heavy atom. The van der Waals surface area contributed by atoms with Gasteiger partial charge in [0.2, 0.25) is 0 Å². The molecule has 0 fully saturated rings. The van der Waals surface area contributed by atoms with E-state index < -0.39 is 0 Å². The van der Waals surface area contributed by atoms with Crippen LogP contribution >= 0.6 is 15.9 Å². The summed E-state index contributed by atoms with van der Waals surface area (Å²) < 4.78 is 8.84. The molecule has 0 atom stereocenters. The van der Waals surface area contributed by atoms with E-state index in [4.69, 9.17) is 4.42 Å². The summed E-state index contributed by atoms with van der Waals surface area (Å²) in [7, 11) is 0. The van der Waals surface area contributed by atoms with Crippen LogP contribution in [0, 0.1) is 20.8 Å². The zero-order valence-corrected chi connectivity index (χ0v) is 13.5. The van der Waals surface area contributed by atoms with Crippen LogP contribution in [0.4, 0.5) is 0 Å². The van der Waals surface area contributed by atoms with Crippen molar-refractivity contribution in [1.82, 2.24) is 15.1 Å². The van der Waals surface area contributed by atoms with Crippen LogP contribution in [0.15, 0.2) is 15.0 Å². The lowest BCUT2D eigenvalue weighted by atomic mass is 10.2. The third-order valence-electron chi connectivity index (χ3n) is 3.23. The molecular formula is C14H20BrN3O. The molecule has 2 aromatic heterocycles. The van der Waals surface area contributed by atoms with Gasteiger partial charge in [-0.25, -0.2) is 0 Å². The summed E-state index contributed by atoms with van der Waals surface area (Å²) >= 11 is 3.55. The van der Waals surface area contributed by atoms with Crippen molar-refractivity contribution in [3.63, 3.8) is 0 Å². The van der Waals surface area contributed by atoms with Crippen molar-refractivity contribution in [3.05, 3.63) is 39.0 Å². The molecule has 19 heavy (non-hydrogen) atoms. The van der Waals surface area contributed by atoms with Gasteiger partial charge in [-0.2, -0.15) is 5.10 Å². The quantitative estimate of drug-likeness (QED) is 0.917. The number of rotatable bonds is 5. The Kier molecular flexibility index (Phi) is 4.47. The average molecular weight is 326 g/mol. The van der Waals surface area contributed by atoms with Gasteiger partial charge in [0.05, 0.1) is 29.0 Å². The van der Waals surface area contributed by atoms with Crippen molar-refractivity contribution in [2.45, 2.75) is 40.8 Å². The predicted molar refractivity (Wildman–Crippen MR) is 79.3 cm³/mol. The minimum Gasteiger partial charge on any atom is -0.465 e. The number of aromatic nitrogens is 2. The van der Waals surface area contributed by atoms with Crippen LogP contribution in [-0.2, 0) is 13.1 Å². The first-order valence-electron chi connectivity index (χ1n) is 6.51. The van der Waals surface area contributed by atoms with Crippen molar-refractivity contribution in [3.8, 4) is 0 Å². The molecule has 2 heterocycles. The third kappa shape index (κ3) is 3.09. The van der Waals surface area contributed by atoms with E-state index in [1.165, 1.54) is 5.56 Å². The Hall–Kier alpha value is -1.07. The predicted octanol–water partition coefficient (Wildman–Crippen LogP) is 3.32. The normalized spacial score (nSPS) is 11.2. The number of aryl methyl sites for hydroxylation is 2. The lowest BCUT2D eigenvalue weighted by Gasteiger charge is -2.02. The van der Waals surface area contributed by atoms with Gasteiger partial charge in [-0.3, -0.25) is 4.68 Å². The Balaban J connectivity index is 2.18. The molecule has 1 N–H and O–H groups in total. The van der Waals surface area contributed by atoms with E-state index in [9.17, 15) is 0 Å². The van der Waals surface area contributed by atoms with Gasteiger partial charge >= 0.3 is 0 Å². The molecule has 2 aromatic rings. The molecule has 0 amide bonds. The van der Waals surface area contributed by atoms with E-state index in [1.807, 2.05) is 18.5 Å². The van der Waals surface area contributed by atoms with Crippen molar-refractivity contribution in [2.24, 2.45) is 0 Å². The molecular weight excluding hydrogens is 306 g/mol. The Morgan fingerprint density at radius 2 is 2.11 bits per heavy atom. The van der Waals surface area contributed by atoms with E-state index in [-0.39, 0.29) is 0 Å². The maximum atomic E-state index is 5.75. The van der Waals surface area contributed by atoms with Gasteiger partial charge in [-0.1, -0.05) is 6.92 Å². The molecule has 0 saturated heterocycles. The standard InChI is InChI=1S/C14H20BrN3O/c1-5-16-7-13-6-12(11(4)19-13)8-18-10(3)14(15)9(2)17-18/h6,16H,5,7-8H2,1-4H3. The summed E-state index contributed by atoms with van der Waals surface area (Å²) in [4.78, 5) is 0. The SMILES string of the molecule is CCNCc1cc(Cn2nc(C)c(Br)c2C)c(C)o1. The minimum atomic E-state index is 0.750. The number of nitrogens with zero attached hydrogens (tertiary/aromatic N) is 2. The summed E-state index contributed by atoms with van der Waals surface area (Å²) in [5, 5.41) is 7.80. The minimum absolute atomic E-state index is 0.750. The number of hydrogen-bond acceptors (Lipinski definition) is 3. The maximum Gasteiger partial charge on any atom is 0.118 e. The van der Waals surface area contributed by atoms with Crippen LogP contribution in [-0.4, -0.2) is 16.3 Å². The number of hydrogen-bond donors (Lipinski definition) is 1. The third-order valence-corrected chi connectivity index (χ3v) is 4.38. The number of nitrogens with one attached hydrogen (secondary N) is 1. The van der Waals surface area contributed by atoms with E-state index in [0.717, 1.165) is 47.0 Å². The highest BCUT2D eigenvalue weighted by atomic mass is 79.9. The average Bonchev–Trinajstić information content (AvgIpc) is 2.84. The molecule has 0 saturated carbocycles. The van der Waals surface area contributed by atoms with Gasteiger partial charge in [-0.15, -0.1) is 0 Å². The second-order valence-corrected chi connectivity index (χ2v) is 5.51. The molecule has 5 heteroatoms. The molecule has 0 unspecified atom stereocenters. The first-order valence-corrected chi connectivity index (χ1v) is 7.30. The van der Waals surface area contributed by atoms with Gasteiger partial charge in [0.25, 0.3) is 0 Å². The molecule has 0 aliphatic heterocycles. The Labute approximate surface area is 122 Å². The van der Waals surface area contributed by atoms with Crippen molar-refractivity contribution in [1.29, 1.82) is 0 Å². The van der Waals surface area contributed by atoms with Crippen LogP contribution in [0.3, 0.4) is 0 Å². The summed E-state index contributed by atoms with van der Waals surface area (Å²) in [6, 6.07) is 2.11. The van der Waals surface area contributed by atoms with E-state index in [2.05, 4.69) is 46.3 Å². The van der Waals surface area contributed by atoms with Crippen molar-refractivity contribution in [2.75, 3.05) is 6.54 Å². The van der Waals surface area contributed by atoms with Crippen LogP contribution < -0.4 is 5.32 Å². The van der Waals surface area contributed by atoms with Crippen molar-refractivity contribution >= 4 is 15.9 Å². The van der Waals surface area contributed by atoms with Crippen LogP contribution in [0.25, 0.3) is 0 Å². The molecule has 0 bridgehead atoms. The number of furan rings is 1. The molecule has 0 radical (unpaired) electrons. The first kappa shape index (κ1) is 14.3. The van der Waals surface area contributed by atoms with E-state index >= 15 is 0 Å². The van der Waals surface area contributed by atoms with Gasteiger partial charge in [-0.05, 0) is 49.3 Å². The van der Waals surface area contributed by atoms with Gasteiger partial charge in [0.1, 0.15) is 11.5 Å². The zero-order valence-electron chi connectivity index (χ0n) is 11.9. The highest BCUT2D eigenvalue weighted by molar-refractivity contribution is 9.10. The molecule has 104 valence electrons. The highest BCUT2D eigenvalue weighted by Crippen LogP contribution is 2.22. The van der Waals surface area contributed by atoms with Gasteiger partial charge in [0.15, 0.2) is 0 Å². The lowest BCUT2D eigenvalue weighted by molar-refractivity contribution is 0.461. The monoisotopic (exact) mass is 325 g/mol. The molecule has 0 aliphatic rings. The second-order valence-electron chi connectivity index (χ2n) is 4.72. The van der Waals surface area contributed by atoms with Crippen molar-refractivity contribution < 1.29 is 4.42 Å². The molecule has 0 aromatic carbocycles. The largest absolute Gasteiger partial charge is 0.465 e. The summed E-state index contributed by atoms with van der Waals surface area (Å²) in [5.74, 6) is 1.95. The van der Waals surface area contributed by atoms with Gasteiger partial charge in [0, 0.05) is 5.56 Å². The first-order chi connectivity index (χ1) is 9.02. The molecule has 2 rings (SSSR count). The molecule has 4 nitrogen and oxygen atoms in total. The Bertz CT molecular complexity index is 571.